The highest BCUT2D eigenvalue weighted by Crippen LogP contribution is 2.30. The molecule has 0 aliphatic carbocycles. The van der Waals surface area contributed by atoms with Crippen LogP contribution < -0.4 is 9.84 Å². The molecule has 2 unspecified atom stereocenters. The summed E-state index contributed by atoms with van der Waals surface area (Å²) in [7, 11) is 1.51. The van der Waals surface area contributed by atoms with Crippen LogP contribution in [-0.2, 0) is 12.1 Å². The second-order valence-corrected chi connectivity index (χ2v) is 8.04. The number of ether oxygens (including phenoxy) is 1. The van der Waals surface area contributed by atoms with E-state index in [-0.39, 0.29) is 30.8 Å². The number of benzene rings is 2. The van der Waals surface area contributed by atoms with Crippen LogP contribution in [-0.4, -0.2) is 56.9 Å². The molecule has 0 saturated carbocycles. The van der Waals surface area contributed by atoms with Gasteiger partial charge in [0.2, 0.25) is 0 Å². The fourth-order valence-corrected chi connectivity index (χ4v) is 3.53. The molecule has 2 atom stereocenters. The highest BCUT2D eigenvalue weighted by molar-refractivity contribution is 5.90. The zero-order valence-corrected chi connectivity index (χ0v) is 18.7. The van der Waals surface area contributed by atoms with Crippen LogP contribution in [0.15, 0.2) is 60.2 Å². The monoisotopic (exact) mass is 499 g/mol. The lowest BCUT2D eigenvalue weighted by Crippen LogP contribution is -2.52. The van der Waals surface area contributed by atoms with Crippen molar-refractivity contribution in [3.05, 3.63) is 77.9 Å². The Bertz CT molecular complexity index is 1170. The van der Waals surface area contributed by atoms with E-state index in [0.717, 1.165) is 36.4 Å². The summed E-state index contributed by atoms with van der Waals surface area (Å²) < 4.78 is 69.9. The lowest BCUT2D eigenvalue weighted by Gasteiger charge is -2.37. The van der Waals surface area contributed by atoms with Gasteiger partial charge in [0.05, 0.1) is 19.5 Å². The molecule has 13 heteroatoms. The predicted molar refractivity (Wildman–Crippen MR) is 112 cm³/mol. The van der Waals surface area contributed by atoms with Gasteiger partial charge in [-0.3, -0.25) is 0 Å². The second kappa shape index (κ2) is 9.96. The highest BCUT2D eigenvalue weighted by Gasteiger charge is 2.41. The van der Waals surface area contributed by atoms with E-state index in [1.165, 1.54) is 24.4 Å². The Morgan fingerprint density at radius 2 is 1.86 bits per heavy atom. The standard InChI is InChI=1S/C22H22F5N5O3/c1-3-32(2,30-20(33)15-4-7-17(8-5-15)35-22(25,26)27)12-21(34,11-31-14-28-13-29-31)18-9-6-16(23)10-19(18)24/h4-10,13-14,34H,3,11-12H2,1-2H3. The number of alkyl halides is 3. The van der Waals surface area contributed by atoms with Gasteiger partial charge < -0.3 is 14.9 Å². The van der Waals surface area contributed by atoms with E-state index in [9.17, 15) is 32.2 Å². The molecule has 2 aromatic carbocycles. The molecule has 3 rings (SSSR count). The van der Waals surface area contributed by atoms with E-state index in [2.05, 4.69) is 19.9 Å². The van der Waals surface area contributed by atoms with E-state index in [1.54, 1.807) is 6.92 Å². The number of nitrogens with zero attached hydrogens (tertiary/aromatic N) is 5. The molecule has 0 aliphatic heterocycles. The molecule has 1 heterocycles. The lowest BCUT2D eigenvalue weighted by molar-refractivity contribution is -0.922. The van der Waals surface area contributed by atoms with Gasteiger partial charge in [-0.1, -0.05) is 17.2 Å². The lowest BCUT2D eigenvalue weighted by atomic mass is 9.92. The largest absolute Gasteiger partial charge is 0.855 e. The topological polar surface area (TPSA) is 95.6 Å². The summed E-state index contributed by atoms with van der Waals surface area (Å²) in [5.74, 6) is -3.12. The summed E-state index contributed by atoms with van der Waals surface area (Å²) in [6.45, 7) is 1.24. The average Bonchev–Trinajstić information content (AvgIpc) is 3.25. The molecule has 1 aromatic heterocycles. The minimum Gasteiger partial charge on any atom is -0.855 e. The quantitative estimate of drug-likeness (QED) is 0.161. The van der Waals surface area contributed by atoms with Crippen molar-refractivity contribution < 1.29 is 41.5 Å². The summed E-state index contributed by atoms with van der Waals surface area (Å²) in [5, 5.41) is 32.4. The third-order valence-electron chi connectivity index (χ3n) is 5.27. The van der Waals surface area contributed by atoms with Crippen LogP contribution in [0.3, 0.4) is 0 Å². The maximum Gasteiger partial charge on any atom is 0.573 e. The van der Waals surface area contributed by atoms with E-state index >= 15 is 0 Å². The van der Waals surface area contributed by atoms with Crippen molar-refractivity contribution in [1.82, 2.24) is 14.8 Å². The molecular formula is C22H22F5N5O3. The van der Waals surface area contributed by atoms with Crippen molar-refractivity contribution in [2.75, 3.05) is 20.1 Å². The van der Waals surface area contributed by atoms with Crippen LogP contribution >= 0.6 is 0 Å². The Balaban J connectivity index is 1.94. The maximum atomic E-state index is 14.7. The number of hydrogen-bond donors (Lipinski definition) is 1. The van der Waals surface area contributed by atoms with Gasteiger partial charge in [-0.2, -0.15) is 9.69 Å². The van der Waals surface area contributed by atoms with Crippen molar-refractivity contribution in [3.8, 4) is 5.75 Å². The average molecular weight is 499 g/mol. The van der Waals surface area contributed by atoms with Gasteiger partial charge in [0.15, 0.2) is 5.60 Å². The van der Waals surface area contributed by atoms with Gasteiger partial charge in [-0.15, -0.1) is 13.2 Å². The Morgan fingerprint density at radius 3 is 2.40 bits per heavy atom. The molecule has 0 fully saturated rings. The molecule has 0 saturated heterocycles. The van der Waals surface area contributed by atoms with Crippen LogP contribution in [0.25, 0.3) is 0 Å². The first-order chi connectivity index (χ1) is 16.3. The summed E-state index contributed by atoms with van der Waals surface area (Å²) in [6, 6.07) is 6.91. The summed E-state index contributed by atoms with van der Waals surface area (Å²) in [5.41, 5.74) is -2.25. The Hall–Kier alpha value is -3.58. The third-order valence-corrected chi connectivity index (χ3v) is 5.27. The molecular weight excluding hydrogens is 477 g/mol. The smallest absolute Gasteiger partial charge is 0.573 e. The molecule has 188 valence electrons. The normalized spacial score (nSPS) is 15.9. The van der Waals surface area contributed by atoms with Crippen LogP contribution in [0, 0.1) is 11.6 Å². The molecule has 0 bridgehead atoms. The summed E-state index contributed by atoms with van der Waals surface area (Å²) >= 11 is 0. The Kier molecular flexibility index (Phi) is 7.41. The zero-order valence-electron chi connectivity index (χ0n) is 18.7. The summed E-state index contributed by atoms with van der Waals surface area (Å²) in [6.07, 6.45) is -2.36. The highest BCUT2D eigenvalue weighted by atomic mass is 19.4. The first-order valence-electron chi connectivity index (χ1n) is 10.3. The first kappa shape index (κ1) is 26.0. The molecule has 35 heavy (non-hydrogen) atoms. The fraction of sp³-hybridized carbons (Fsp3) is 0.318. The van der Waals surface area contributed by atoms with E-state index in [1.807, 2.05) is 0 Å². The van der Waals surface area contributed by atoms with Gasteiger partial charge in [0.25, 0.3) is 0 Å². The number of likely N-dealkylation sites (N-methyl/N-ethyl adjacent to an activating group) is 1. The van der Waals surface area contributed by atoms with E-state index in [4.69, 9.17) is 0 Å². The van der Waals surface area contributed by atoms with Gasteiger partial charge in [-0.05, 0) is 36.8 Å². The predicted octanol–water partition coefficient (Wildman–Crippen LogP) is 2.53. The molecule has 1 N–H and O–H groups in total. The first-order valence-corrected chi connectivity index (χ1v) is 10.3. The van der Waals surface area contributed by atoms with E-state index < -0.39 is 39.8 Å². The number of halogens is 5. The van der Waals surface area contributed by atoms with Crippen molar-refractivity contribution in [1.29, 1.82) is 0 Å². The molecule has 0 radical (unpaired) electrons. The van der Waals surface area contributed by atoms with Crippen LogP contribution in [0.1, 0.15) is 18.1 Å². The molecule has 0 aliphatic rings. The van der Waals surface area contributed by atoms with Crippen molar-refractivity contribution in [3.63, 3.8) is 0 Å². The molecule has 0 spiro atoms. The number of hydrogen-bond acceptors (Lipinski definition) is 6. The Morgan fingerprint density at radius 1 is 1.17 bits per heavy atom. The van der Waals surface area contributed by atoms with Gasteiger partial charge in [0, 0.05) is 11.6 Å². The fourth-order valence-electron chi connectivity index (χ4n) is 3.53. The minimum absolute atomic E-state index is 0.0231. The van der Waals surface area contributed by atoms with Gasteiger partial charge in [-0.25, -0.2) is 18.4 Å². The van der Waals surface area contributed by atoms with Gasteiger partial charge in [0.1, 0.15) is 43.1 Å². The van der Waals surface area contributed by atoms with Crippen molar-refractivity contribution >= 4 is 5.90 Å². The van der Waals surface area contributed by atoms with E-state index in [0.29, 0.717) is 6.07 Å². The number of rotatable bonds is 9. The van der Waals surface area contributed by atoms with Crippen LogP contribution in [0.4, 0.5) is 22.0 Å². The number of quaternary nitrogens is 1. The SMILES string of the molecule is CC[N+](C)(CC(O)(Cn1cncn1)c1ccc(F)cc1F)/N=C(/[O-])c1ccc(OC(F)(F)F)cc1. The maximum absolute atomic E-state index is 14.7. The van der Waals surface area contributed by atoms with Crippen molar-refractivity contribution in [2.24, 2.45) is 5.10 Å². The summed E-state index contributed by atoms with van der Waals surface area (Å²) in [4.78, 5) is 3.79. The number of aliphatic hydroxyl groups is 1. The molecule has 0 amide bonds. The zero-order chi connectivity index (χ0) is 25.9. The molecule has 3 aromatic rings. The van der Waals surface area contributed by atoms with Crippen molar-refractivity contribution in [2.45, 2.75) is 25.4 Å². The molecule has 8 nitrogen and oxygen atoms in total. The second-order valence-electron chi connectivity index (χ2n) is 8.04. The third kappa shape index (κ3) is 6.73. The van der Waals surface area contributed by atoms with Crippen LogP contribution in [0.5, 0.6) is 5.75 Å². The van der Waals surface area contributed by atoms with Crippen LogP contribution in [0.2, 0.25) is 0 Å². The minimum atomic E-state index is -4.88. The Labute approximate surface area is 197 Å². The van der Waals surface area contributed by atoms with Gasteiger partial charge >= 0.3 is 6.36 Å². The number of aromatic nitrogens is 3.